The molecule has 1 aliphatic heterocycles. The molecular weight excluding hydrogens is 272 g/mol. The molecule has 1 aliphatic rings. The predicted molar refractivity (Wildman–Crippen MR) is 83.9 cm³/mol. The number of nitrogens with two attached hydrogens (primary N) is 1. The Hall–Kier alpha value is -0.910. The number of rotatable bonds is 5. The van der Waals surface area contributed by atoms with Gasteiger partial charge in [-0.2, -0.15) is 0 Å². The molecular formula is C15H24N2O2S. The summed E-state index contributed by atoms with van der Waals surface area (Å²) < 4.78 is 11.1. The molecule has 2 N–H and O–H groups in total. The molecule has 0 aromatic heterocycles. The number of hydrogen-bond acceptors (Lipinski definition) is 5. The van der Waals surface area contributed by atoms with Crippen LogP contribution in [0.3, 0.4) is 0 Å². The molecule has 2 unspecified atom stereocenters. The van der Waals surface area contributed by atoms with Crippen molar-refractivity contribution in [2.75, 3.05) is 40.6 Å². The van der Waals surface area contributed by atoms with Crippen molar-refractivity contribution in [2.45, 2.75) is 17.4 Å². The van der Waals surface area contributed by atoms with Crippen LogP contribution in [0.5, 0.6) is 11.5 Å². The first kappa shape index (κ1) is 15.5. The van der Waals surface area contributed by atoms with Gasteiger partial charge in [0.15, 0.2) is 0 Å². The van der Waals surface area contributed by atoms with Gasteiger partial charge >= 0.3 is 0 Å². The second kappa shape index (κ2) is 6.70. The largest absolute Gasteiger partial charge is 0.496 e. The van der Waals surface area contributed by atoms with Gasteiger partial charge in [0, 0.05) is 18.2 Å². The highest BCUT2D eigenvalue weighted by Crippen LogP contribution is 2.43. The van der Waals surface area contributed by atoms with Crippen LogP contribution < -0.4 is 15.2 Å². The molecule has 5 heteroatoms. The van der Waals surface area contributed by atoms with Gasteiger partial charge in [-0.25, -0.2) is 0 Å². The summed E-state index contributed by atoms with van der Waals surface area (Å²) in [7, 11) is 5.59. The molecule has 1 aromatic rings. The Bertz CT molecular complexity index is 467. The second-order valence-electron chi connectivity index (χ2n) is 5.24. The maximum atomic E-state index is 5.82. The summed E-state index contributed by atoms with van der Waals surface area (Å²) in [4.78, 5) is 3.46. The third-order valence-electron chi connectivity index (χ3n) is 4.06. The Labute approximate surface area is 125 Å². The molecule has 0 spiro atoms. The van der Waals surface area contributed by atoms with Gasteiger partial charge in [0.2, 0.25) is 0 Å². The Kier molecular flexibility index (Phi) is 5.18. The maximum Gasteiger partial charge on any atom is 0.133 e. The molecule has 20 heavy (non-hydrogen) atoms. The van der Waals surface area contributed by atoms with E-state index in [9.17, 15) is 0 Å². The number of thioether (sulfide) groups is 1. The van der Waals surface area contributed by atoms with Crippen LogP contribution >= 0.6 is 11.8 Å². The summed E-state index contributed by atoms with van der Waals surface area (Å²) in [5.41, 5.74) is 7.02. The first-order valence-corrected chi connectivity index (χ1v) is 8.07. The van der Waals surface area contributed by atoms with Gasteiger partial charge < -0.3 is 15.2 Å². The van der Waals surface area contributed by atoms with Crippen LogP contribution in [0.4, 0.5) is 0 Å². The maximum absolute atomic E-state index is 5.82. The average molecular weight is 296 g/mol. The normalized spacial score (nSPS) is 23.1. The lowest BCUT2D eigenvalue weighted by Crippen LogP contribution is -2.21. The van der Waals surface area contributed by atoms with Gasteiger partial charge in [-0.1, -0.05) is 0 Å². The van der Waals surface area contributed by atoms with E-state index in [-0.39, 0.29) is 0 Å². The number of methoxy groups -OCH3 is 2. The number of benzene rings is 1. The van der Waals surface area contributed by atoms with Crippen molar-refractivity contribution in [3.8, 4) is 11.5 Å². The fraction of sp³-hybridized carbons (Fsp3) is 0.600. The standard InChI is InChI=1S/C15H24N2O2S/c1-17-9-10(8-16)5-12(17)11-6-14(19-3)15(20-4)7-13(11)18-2/h6-7,10,12H,5,8-9,16H2,1-4H3. The molecule has 0 radical (unpaired) electrons. The minimum absolute atomic E-state index is 0.350. The molecule has 4 nitrogen and oxygen atoms in total. The van der Waals surface area contributed by atoms with Crippen molar-refractivity contribution in [1.29, 1.82) is 0 Å². The molecule has 0 saturated carbocycles. The van der Waals surface area contributed by atoms with Gasteiger partial charge in [-0.05, 0) is 44.3 Å². The highest BCUT2D eigenvalue weighted by Gasteiger charge is 2.32. The molecule has 0 aliphatic carbocycles. The smallest absolute Gasteiger partial charge is 0.133 e. The quantitative estimate of drug-likeness (QED) is 0.845. The highest BCUT2D eigenvalue weighted by molar-refractivity contribution is 7.98. The summed E-state index contributed by atoms with van der Waals surface area (Å²) in [6.45, 7) is 1.78. The van der Waals surface area contributed by atoms with E-state index in [1.165, 1.54) is 5.56 Å². The molecule has 1 heterocycles. The van der Waals surface area contributed by atoms with E-state index in [0.717, 1.165) is 35.9 Å². The lowest BCUT2D eigenvalue weighted by atomic mass is 9.99. The third-order valence-corrected chi connectivity index (χ3v) is 4.82. The van der Waals surface area contributed by atoms with Gasteiger partial charge in [-0.15, -0.1) is 11.8 Å². The van der Waals surface area contributed by atoms with E-state index >= 15 is 0 Å². The summed E-state index contributed by atoms with van der Waals surface area (Å²) in [6.07, 6.45) is 3.12. The zero-order valence-corrected chi connectivity index (χ0v) is 13.5. The molecule has 2 atom stereocenters. The molecule has 1 saturated heterocycles. The van der Waals surface area contributed by atoms with Crippen LogP contribution in [0.15, 0.2) is 17.0 Å². The zero-order valence-electron chi connectivity index (χ0n) is 12.7. The van der Waals surface area contributed by atoms with E-state index < -0.39 is 0 Å². The fourth-order valence-corrected chi connectivity index (χ4v) is 3.52. The van der Waals surface area contributed by atoms with Gasteiger partial charge in [-0.3, -0.25) is 4.90 Å². The zero-order chi connectivity index (χ0) is 14.7. The molecule has 0 bridgehead atoms. The van der Waals surface area contributed by atoms with Crippen LogP contribution in [-0.4, -0.2) is 45.5 Å². The Balaban J connectivity index is 2.39. The number of likely N-dealkylation sites (tertiary alicyclic amines) is 1. The number of nitrogens with zero attached hydrogens (tertiary/aromatic N) is 1. The van der Waals surface area contributed by atoms with E-state index in [2.05, 4.69) is 24.1 Å². The summed E-state index contributed by atoms with van der Waals surface area (Å²) in [5.74, 6) is 2.41. The van der Waals surface area contributed by atoms with E-state index in [4.69, 9.17) is 15.2 Å². The van der Waals surface area contributed by atoms with Crippen LogP contribution in [0.2, 0.25) is 0 Å². The third kappa shape index (κ3) is 2.90. The first-order valence-electron chi connectivity index (χ1n) is 6.84. The van der Waals surface area contributed by atoms with Crippen LogP contribution in [0.1, 0.15) is 18.0 Å². The number of hydrogen-bond donors (Lipinski definition) is 1. The molecule has 112 valence electrons. The fourth-order valence-electron chi connectivity index (χ4n) is 2.95. The summed E-state index contributed by atoms with van der Waals surface area (Å²) >= 11 is 1.67. The van der Waals surface area contributed by atoms with Crippen molar-refractivity contribution in [1.82, 2.24) is 4.90 Å². The Morgan fingerprint density at radius 1 is 1.30 bits per heavy atom. The van der Waals surface area contributed by atoms with Crippen LogP contribution in [-0.2, 0) is 0 Å². The van der Waals surface area contributed by atoms with Gasteiger partial charge in [0.05, 0.1) is 19.1 Å². The summed E-state index contributed by atoms with van der Waals surface area (Å²) in [6, 6.07) is 4.54. The minimum atomic E-state index is 0.350. The van der Waals surface area contributed by atoms with Crippen molar-refractivity contribution in [2.24, 2.45) is 11.7 Å². The summed E-state index contributed by atoms with van der Waals surface area (Å²) in [5, 5.41) is 0. The predicted octanol–water partition coefficient (Wildman–Crippen LogP) is 2.38. The average Bonchev–Trinajstić information content (AvgIpc) is 2.86. The molecule has 2 rings (SSSR count). The molecule has 0 amide bonds. The van der Waals surface area contributed by atoms with Crippen LogP contribution in [0.25, 0.3) is 0 Å². The van der Waals surface area contributed by atoms with Crippen molar-refractivity contribution < 1.29 is 9.47 Å². The first-order chi connectivity index (χ1) is 9.64. The molecule has 1 fully saturated rings. The lowest BCUT2D eigenvalue weighted by molar-refractivity contribution is 0.300. The number of ether oxygens (including phenoxy) is 2. The van der Waals surface area contributed by atoms with Crippen molar-refractivity contribution in [3.05, 3.63) is 17.7 Å². The van der Waals surface area contributed by atoms with Gasteiger partial charge in [0.25, 0.3) is 0 Å². The highest BCUT2D eigenvalue weighted by atomic mass is 32.2. The Morgan fingerprint density at radius 3 is 2.50 bits per heavy atom. The van der Waals surface area contributed by atoms with Crippen molar-refractivity contribution in [3.63, 3.8) is 0 Å². The lowest BCUT2D eigenvalue weighted by Gasteiger charge is -2.23. The van der Waals surface area contributed by atoms with Crippen molar-refractivity contribution >= 4 is 11.8 Å². The second-order valence-corrected chi connectivity index (χ2v) is 6.09. The Morgan fingerprint density at radius 2 is 2.00 bits per heavy atom. The SMILES string of the molecule is COc1cc(C2CC(CN)CN2C)c(OC)cc1SC. The van der Waals surface area contributed by atoms with E-state index in [0.29, 0.717) is 12.0 Å². The monoisotopic (exact) mass is 296 g/mol. The minimum Gasteiger partial charge on any atom is -0.496 e. The van der Waals surface area contributed by atoms with Gasteiger partial charge in [0.1, 0.15) is 11.5 Å². The van der Waals surface area contributed by atoms with Crippen LogP contribution in [0, 0.1) is 5.92 Å². The topological polar surface area (TPSA) is 47.7 Å². The van der Waals surface area contributed by atoms with E-state index in [1.54, 1.807) is 26.0 Å². The molecule has 1 aromatic carbocycles. The van der Waals surface area contributed by atoms with E-state index in [1.807, 2.05) is 6.26 Å².